The number of piperidine rings is 2. The molecule has 4 unspecified atom stereocenters. The number of halogens is 3. The lowest BCUT2D eigenvalue weighted by atomic mass is 10.0. The Labute approximate surface area is 707 Å². The molecule has 4 atom stereocenters. The highest BCUT2D eigenvalue weighted by Gasteiger charge is 2.37. The summed E-state index contributed by atoms with van der Waals surface area (Å²) in [5.41, 5.74) is 5.84. The van der Waals surface area contributed by atoms with Crippen molar-refractivity contribution >= 4 is 69.8 Å². The average Bonchev–Trinajstić information content (AvgIpc) is 0.824. The fourth-order valence-electron chi connectivity index (χ4n) is 15.0. The number of carbonyl (C=O) groups is 4. The van der Waals surface area contributed by atoms with Crippen molar-refractivity contribution in [3.8, 4) is 69.0 Å². The van der Waals surface area contributed by atoms with Gasteiger partial charge in [-0.3, -0.25) is 0 Å². The van der Waals surface area contributed by atoms with Gasteiger partial charge >= 0.3 is 24.2 Å². The van der Waals surface area contributed by atoms with Gasteiger partial charge in [-0.2, -0.15) is 0 Å². The van der Waals surface area contributed by atoms with Crippen molar-refractivity contribution in [2.45, 2.75) is 155 Å². The molecule has 0 aromatic heterocycles. The molecule has 8 rings (SSSR count). The summed E-state index contributed by atoms with van der Waals surface area (Å²) in [5, 5.41) is 9.23. The molecular weight excluding hydrogens is 1640 g/mol. The molecule has 2 heterocycles. The molecule has 6 aromatic carbocycles. The van der Waals surface area contributed by atoms with Crippen molar-refractivity contribution in [1.29, 1.82) is 0 Å². The van der Waals surface area contributed by atoms with E-state index in [1.54, 1.807) is 92.2 Å². The molecule has 0 aliphatic carbocycles. The second-order valence-corrected chi connectivity index (χ2v) is 30.3. The molecule has 2 saturated heterocycles. The maximum absolute atomic E-state index is 13.2. The van der Waals surface area contributed by atoms with Crippen LogP contribution < -0.4 is 56.8 Å². The summed E-state index contributed by atoms with van der Waals surface area (Å²) in [6.45, 7) is 16.6. The highest BCUT2D eigenvalue weighted by molar-refractivity contribution is 8.93. The number of aliphatic carboxylic acids is 1. The Kier molecular flexibility index (Phi) is 42.6. The maximum Gasteiger partial charge on any atom is 0.511 e. The van der Waals surface area contributed by atoms with Crippen LogP contribution in [0.1, 0.15) is 125 Å². The molecule has 115 heavy (non-hydrogen) atoms. The highest BCUT2D eigenvalue weighted by Crippen LogP contribution is 2.37. The lowest BCUT2D eigenvalue weighted by molar-refractivity contribution is -0.938. The number of ether oxygens (including phenoxy) is 17. The first kappa shape index (κ1) is 98.9. The normalized spacial score (nSPS) is 14.4. The van der Waals surface area contributed by atoms with Gasteiger partial charge in [-0.25, -0.2) is 19.2 Å². The van der Waals surface area contributed by atoms with Crippen LogP contribution in [-0.2, 0) is 72.5 Å². The zero-order chi connectivity index (χ0) is 82.7. The van der Waals surface area contributed by atoms with Gasteiger partial charge in [-0.1, -0.05) is 11.6 Å². The molecule has 0 bridgehead atoms. The minimum Gasteiger partial charge on any atom is -0.493 e. The molecule has 6 aromatic rings. The van der Waals surface area contributed by atoms with Crippen molar-refractivity contribution in [2.24, 2.45) is 0 Å². The fourth-order valence-corrected chi connectivity index (χ4v) is 15.1. The second kappa shape index (κ2) is 49.5. The van der Waals surface area contributed by atoms with Crippen LogP contribution in [-0.4, -0.2) is 223 Å². The number of carboxylic acids is 1. The standard InChI is InChI=1S/C43H62N2O11.C27H39ClNO7.C16H23NO4.2BrH/c1-31(14-13-21-44(3,27-33-15-18-36(48-4)39(24-33)51-7)28-34-16-19-37(49-5)40(25-34)52-8)54-43(47)56-32(2)55-42(46)30-45(22-11-10-12-23-45)29-35-17-20-38(50-6)41(26-35)53-9;1-19(35-27(30)36-20(2)28)9-8-14-29(3,17-21-10-12-23(31-4)25(15-21)33-6)18-22-11-13-24(32-5)26(16-22)34-7;1-20-14-7-6-13(10-15(14)21-2)11-17(12-16(18)19)8-4-3-5-9-17;;/h15-20,24-26,31-32H,10-14,21-23,27-30H2,1-9H3;10-13,15-16,19-20H,8-9,14,17-18H2,1-7H3;6-7,10H,3-5,8-9,11-12H2,1-2H3;2*1H/q+2;+1;;;/p+1. The van der Waals surface area contributed by atoms with Crippen molar-refractivity contribution in [3.63, 3.8) is 0 Å². The first-order valence-corrected chi connectivity index (χ1v) is 38.9. The Bertz CT molecular complexity index is 3840. The van der Waals surface area contributed by atoms with E-state index in [4.69, 9.17) is 92.1 Å². The van der Waals surface area contributed by atoms with Crippen LogP contribution in [0.5, 0.6) is 69.0 Å². The largest absolute Gasteiger partial charge is 0.511 e. The van der Waals surface area contributed by atoms with Gasteiger partial charge < -0.3 is 104 Å². The number of methoxy groups -OCH3 is 12. The lowest BCUT2D eigenvalue weighted by Gasteiger charge is -2.41. The van der Waals surface area contributed by atoms with Crippen LogP contribution in [0.2, 0.25) is 0 Å². The van der Waals surface area contributed by atoms with E-state index in [9.17, 15) is 24.3 Å². The number of quaternary nitrogens is 4. The topological polar surface area (TPSA) is 245 Å². The number of carbonyl (C=O) groups excluding carboxylic acids is 3. The Hall–Kier alpha value is -8.51. The molecular formula is C86H127Br2ClN4O22+4. The van der Waals surface area contributed by atoms with Crippen LogP contribution >= 0.6 is 45.6 Å². The van der Waals surface area contributed by atoms with Gasteiger partial charge in [0.25, 0.3) is 0 Å². The van der Waals surface area contributed by atoms with Crippen LogP contribution in [0, 0.1) is 0 Å². The van der Waals surface area contributed by atoms with Gasteiger partial charge in [0.15, 0.2) is 87.6 Å². The zero-order valence-corrected chi connectivity index (χ0v) is 74.9. The Morgan fingerprint density at radius 3 is 0.896 bits per heavy atom. The van der Waals surface area contributed by atoms with Crippen molar-refractivity contribution in [2.75, 3.05) is 152 Å². The predicted molar refractivity (Wildman–Crippen MR) is 451 cm³/mol. The van der Waals surface area contributed by atoms with Gasteiger partial charge in [0.2, 0.25) is 6.29 Å². The van der Waals surface area contributed by atoms with E-state index >= 15 is 0 Å². The number of nitrogens with zero attached hydrogens (tertiary/aromatic N) is 4. The fraction of sp³-hybridized carbons (Fsp3) is 0.535. The SMILES string of the molecule is Br.Br.COc1ccc(C[N+](C)(CCCC(C)OC(=O)OC(C)Cl)Cc2ccc(OC)c(OC)c2)cc1OC.COc1ccc(C[N+](C)(CCCC(C)OC(=O)OC(C)OC(=O)C[N+]2(Cc3ccc(OC)c(OC)c3)CCCCC2)Cc2ccc(OC)c(OC)c2)cc1OC.COc1ccc(C[N+]2(CC(=O)O)CCCCC2)cc1OC. The van der Waals surface area contributed by atoms with Crippen LogP contribution in [0.15, 0.2) is 109 Å². The third-order valence-corrected chi connectivity index (χ3v) is 20.6. The molecule has 0 saturated carbocycles. The number of rotatable bonds is 41. The summed E-state index contributed by atoms with van der Waals surface area (Å²) < 4.78 is 94.7. The van der Waals surface area contributed by atoms with E-state index < -0.39 is 42.2 Å². The van der Waals surface area contributed by atoms with Gasteiger partial charge in [-0.05, 0) is 181 Å². The number of alkyl halides is 1. The lowest BCUT2D eigenvalue weighted by Crippen LogP contribution is -2.54. The minimum atomic E-state index is -1.10. The van der Waals surface area contributed by atoms with Gasteiger partial charge in [-0.15, -0.1) is 34.0 Å². The molecule has 0 radical (unpaired) electrons. The van der Waals surface area contributed by atoms with Gasteiger partial charge in [0, 0.05) is 53.1 Å². The number of hydrogen-bond donors (Lipinski definition) is 1. The molecule has 2 aliphatic heterocycles. The monoisotopic (exact) mass is 1760 g/mol. The van der Waals surface area contributed by atoms with Crippen molar-refractivity contribution in [1.82, 2.24) is 0 Å². The minimum absolute atomic E-state index is 0. The first-order valence-electron chi connectivity index (χ1n) is 38.5. The summed E-state index contributed by atoms with van der Waals surface area (Å²) in [5.74, 6) is 7.01. The number of benzene rings is 6. The summed E-state index contributed by atoms with van der Waals surface area (Å²) in [7, 11) is 23.9. The van der Waals surface area contributed by atoms with Gasteiger partial charge in [0.05, 0.1) is 139 Å². The number of hydrogen-bond acceptors (Lipinski definition) is 21. The van der Waals surface area contributed by atoms with Crippen LogP contribution in [0.4, 0.5) is 9.59 Å². The first-order chi connectivity index (χ1) is 54.1. The molecule has 26 nitrogen and oxygen atoms in total. The van der Waals surface area contributed by atoms with Crippen LogP contribution in [0.3, 0.4) is 0 Å². The summed E-state index contributed by atoms with van der Waals surface area (Å²) >= 11 is 5.70. The second-order valence-electron chi connectivity index (χ2n) is 29.7. The van der Waals surface area contributed by atoms with E-state index in [1.165, 1.54) is 13.3 Å². The highest BCUT2D eigenvalue weighted by atomic mass is 79.9. The Balaban J connectivity index is 0.000000402. The summed E-state index contributed by atoms with van der Waals surface area (Å²) in [6, 6.07) is 35.6. The van der Waals surface area contributed by atoms with E-state index in [-0.39, 0.29) is 53.2 Å². The number of likely N-dealkylation sites (tertiary alicyclic amines) is 2. The van der Waals surface area contributed by atoms with E-state index in [0.717, 1.165) is 137 Å². The average molecular weight is 1760 g/mol. The molecule has 29 heteroatoms. The van der Waals surface area contributed by atoms with Crippen molar-refractivity contribution in [3.05, 3.63) is 143 Å². The maximum atomic E-state index is 13.2. The predicted octanol–water partition coefficient (Wildman–Crippen LogP) is 16.5. The number of esters is 1. The smallest absolute Gasteiger partial charge is 0.493 e. The zero-order valence-electron chi connectivity index (χ0n) is 70.7. The summed E-state index contributed by atoms with van der Waals surface area (Å²) in [6.07, 6.45) is 5.99. The third-order valence-electron chi connectivity index (χ3n) is 20.5. The quantitative estimate of drug-likeness (QED) is 0.0123. The molecule has 640 valence electrons. The summed E-state index contributed by atoms with van der Waals surface area (Å²) in [4.78, 5) is 49.0. The van der Waals surface area contributed by atoms with E-state index in [0.29, 0.717) is 119 Å². The van der Waals surface area contributed by atoms with E-state index in [1.807, 2.05) is 98.8 Å². The van der Waals surface area contributed by atoms with Crippen molar-refractivity contribution < 1.29 is 123 Å². The molecule has 2 fully saturated rings. The van der Waals surface area contributed by atoms with Crippen LogP contribution in [0.25, 0.3) is 0 Å². The molecule has 2 aliphatic rings. The molecule has 0 spiro atoms. The number of carboxylic acid groups (broad SMARTS) is 1. The Morgan fingerprint density at radius 2 is 0.626 bits per heavy atom. The third kappa shape index (κ3) is 32.1. The van der Waals surface area contributed by atoms with E-state index in [2.05, 4.69) is 38.4 Å². The molecule has 0 amide bonds. The Morgan fingerprint density at radius 1 is 0.365 bits per heavy atom. The van der Waals surface area contributed by atoms with Gasteiger partial charge in [0.1, 0.15) is 51.5 Å². The molecule has 1 N–H and O–H groups in total.